The van der Waals surface area contributed by atoms with E-state index in [1.807, 2.05) is 37.3 Å². The first-order valence-electron chi connectivity index (χ1n) is 8.05. The van der Waals surface area contributed by atoms with Gasteiger partial charge in [0.1, 0.15) is 0 Å². The molecule has 0 atom stereocenters. The van der Waals surface area contributed by atoms with Crippen LogP contribution in [0.2, 0.25) is 0 Å². The summed E-state index contributed by atoms with van der Waals surface area (Å²) in [7, 11) is -3.73. The van der Waals surface area contributed by atoms with Gasteiger partial charge < -0.3 is 5.11 Å². The molecule has 0 saturated carbocycles. The van der Waals surface area contributed by atoms with Crippen molar-refractivity contribution in [3.05, 3.63) is 60.2 Å². The molecule has 7 heteroatoms. The van der Waals surface area contributed by atoms with Gasteiger partial charge in [-0.2, -0.15) is 0 Å². The van der Waals surface area contributed by atoms with Crippen molar-refractivity contribution in [1.82, 2.24) is 9.71 Å². The summed E-state index contributed by atoms with van der Waals surface area (Å²) in [4.78, 5) is 15.2. The van der Waals surface area contributed by atoms with Crippen LogP contribution in [0, 0.1) is 6.92 Å². The number of nitrogens with zero attached hydrogens (tertiary/aromatic N) is 1. The Kier molecular flexibility index (Phi) is 5.01. The highest BCUT2D eigenvalue weighted by Crippen LogP contribution is 2.25. The number of carboxylic acids is 1. The second-order valence-electron chi connectivity index (χ2n) is 5.91. The SMILES string of the molecule is Cc1cc(-c2ccc(S(=O)(=O)NCCC(=O)O)cc2)nc2ccccc12. The van der Waals surface area contributed by atoms with Crippen LogP contribution in [-0.2, 0) is 14.8 Å². The number of carboxylic acid groups (broad SMARTS) is 1. The number of pyridine rings is 1. The number of hydrogen-bond donors (Lipinski definition) is 2. The van der Waals surface area contributed by atoms with Gasteiger partial charge in [0.25, 0.3) is 0 Å². The lowest BCUT2D eigenvalue weighted by Crippen LogP contribution is -2.26. The second-order valence-corrected chi connectivity index (χ2v) is 7.67. The Hall–Kier alpha value is -2.77. The first-order chi connectivity index (χ1) is 12.4. The first-order valence-corrected chi connectivity index (χ1v) is 9.53. The smallest absolute Gasteiger partial charge is 0.304 e. The third kappa shape index (κ3) is 3.89. The Bertz CT molecular complexity index is 1060. The quantitative estimate of drug-likeness (QED) is 0.695. The van der Waals surface area contributed by atoms with Gasteiger partial charge in [0.2, 0.25) is 10.0 Å². The van der Waals surface area contributed by atoms with Crippen molar-refractivity contribution in [2.45, 2.75) is 18.2 Å². The van der Waals surface area contributed by atoms with Crippen molar-refractivity contribution in [2.24, 2.45) is 0 Å². The van der Waals surface area contributed by atoms with Crippen molar-refractivity contribution in [3.8, 4) is 11.3 Å². The highest BCUT2D eigenvalue weighted by molar-refractivity contribution is 7.89. The van der Waals surface area contributed by atoms with E-state index < -0.39 is 16.0 Å². The zero-order valence-corrected chi connectivity index (χ0v) is 15.0. The predicted molar refractivity (Wildman–Crippen MR) is 99.4 cm³/mol. The summed E-state index contributed by atoms with van der Waals surface area (Å²) in [5, 5.41) is 9.68. The normalized spacial score (nSPS) is 11.6. The number of benzene rings is 2. The molecule has 0 radical (unpaired) electrons. The van der Waals surface area contributed by atoms with E-state index in [9.17, 15) is 13.2 Å². The number of carbonyl (C=O) groups is 1. The van der Waals surface area contributed by atoms with Gasteiger partial charge in [0.15, 0.2) is 0 Å². The molecule has 0 bridgehead atoms. The summed E-state index contributed by atoms with van der Waals surface area (Å²) in [5.74, 6) is -1.05. The van der Waals surface area contributed by atoms with Gasteiger partial charge in [-0.1, -0.05) is 30.3 Å². The molecule has 3 rings (SSSR count). The summed E-state index contributed by atoms with van der Waals surface area (Å²) >= 11 is 0. The van der Waals surface area contributed by atoms with Gasteiger partial charge in [0.05, 0.1) is 22.5 Å². The number of rotatable bonds is 6. The van der Waals surface area contributed by atoms with Crippen LogP contribution in [0.15, 0.2) is 59.5 Å². The Morgan fingerprint density at radius 1 is 1.12 bits per heavy atom. The topological polar surface area (TPSA) is 96.4 Å². The number of aliphatic carboxylic acids is 1. The van der Waals surface area contributed by atoms with Gasteiger partial charge in [0, 0.05) is 17.5 Å². The van der Waals surface area contributed by atoms with Crippen molar-refractivity contribution in [1.29, 1.82) is 0 Å². The van der Waals surface area contributed by atoms with Crippen LogP contribution < -0.4 is 4.72 Å². The molecule has 3 aromatic rings. The lowest BCUT2D eigenvalue weighted by Gasteiger charge is -2.09. The van der Waals surface area contributed by atoms with Crippen LogP contribution in [-0.4, -0.2) is 31.0 Å². The van der Waals surface area contributed by atoms with Gasteiger partial charge in [-0.15, -0.1) is 0 Å². The first kappa shape index (κ1) is 18.0. The number of hydrogen-bond acceptors (Lipinski definition) is 4. The van der Waals surface area contributed by atoms with Gasteiger partial charge in [-0.05, 0) is 36.8 Å². The monoisotopic (exact) mass is 370 g/mol. The largest absolute Gasteiger partial charge is 0.481 e. The van der Waals surface area contributed by atoms with Gasteiger partial charge in [-0.3, -0.25) is 4.79 Å². The molecule has 26 heavy (non-hydrogen) atoms. The second kappa shape index (κ2) is 7.23. The molecule has 2 aromatic carbocycles. The van der Waals surface area contributed by atoms with E-state index in [0.717, 1.165) is 27.7 Å². The molecular weight excluding hydrogens is 352 g/mol. The number of aryl methyl sites for hydroxylation is 1. The highest BCUT2D eigenvalue weighted by atomic mass is 32.2. The fourth-order valence-corrected chi connectivity index (χ4v) is 3.71. The standard InChI is InChI=1S/C19H18N2O4S/c1-13-12-18(21-17-5-3-2-4-16(13)17)14-6-8-15(9-7-14)26(24,25)20-11-10-19(22)23/h2-9,12,20H,10-11H2,1H3,(H,22,23). The molecule has 0 fully saturated rings. The summed E-state index contributed by atoms with van der Waals surface area (Å²) < 4.78 is 26.6. The van der Waals surface area contributed by atoms with E-state index >= 15 is 0 Å². The summed E-state index contributed by atoms with van der Waals surface area (Å²) in [6, 6.07) is 16.2. The third-order valence-corrected chi connectivity index (χ3v) is 5.49. The molecule has 0 spiro atoms. The Labute approximate surface area is 151 Å². The molecule has 0 amide bonds. The van der Waals surface area contributed by atoms with E-state index in [1.165, 1.54) is 12.1 Å². The van der Waals surface area contributed by atoms with Crippen LogP contribution >= 0.6 is 0 Å². The van der Waals surface area contributed by atoms with Gasteiger partial charge in [-0.25, -0.2) is 18.1 Å². The lowest BCUT2D eigenvalue weighted by molar-refractivity contribution is -0.136. The van der Waals surface area contributed by atoms with Crippen molar-refractivity contribution in [2.75, 3.05) is 6.54 Å². The average Bonchev–Trinajstić information content (AvgIpc) is 2.61. The molecule has 2 N–H and O–H groups in total. The molecule has 1 heterocycles. The molecule has 0 saturated heterocycles. The Morgan fingerprint density at radius 2 is 1.81 bits per heavy atom. The fourth-order valence-electron chi connectivity index (χ4n) is 2.68. The third-order valence-electron chi connectivity index (χ3n) is 4.01. The fraction of sp³-hybridized carbons (Fsp3) is 0.158. The van der Waals surface area contributed by atoms with Crippen molar-refractivity contribution >= 4 is 26.9 Å². The molecule has 6 nitrogen and oxygen atoms in total. The van der Waals surface area contributed by atoms with E-state index in [0.29, 0.717) is 0 Å². The van der Waals surface area contributed by atoms with Crippen molar-refractivity contribution < 1.29 is 18.3 Å². The predicted octanol–water partition coefficient (Wildman–Crippen LogP) is 2.96. The Morgan fingerprint density at radius 3 is 2.50 bits per heavy atom. The van der Waals surface area contributed by atoms with E-state index in [4.69, 9.17) is 5.11 Å². The van der Waals surface area contributed by atoms with E-state index in [2.05, 4.69) is 9.71 Å². The maximum absolute atomic E-state index is 12.2. The minimum absolute atomic E-state index is 0.0872. The number of fused-ring (bicyclic) bond motifs is 1. The van der Waals surface area contributed by atoms with Crippen molar-refractivity contribution in [3.63, 3.8) is 0 Å². The number of sulfonamides is 1. The summed E-state index contributed by atoms with van der Waals surface area (Å²) in [6.07, 6.45) is -0.266. The number of nitrogens with one attached hydrogen (secondary N) is 1. The molecule has 0 aliphatic rings. The lowest BCUT2D eigenvalue weighted by atomic mass is 10.1. The van der Waals surface area contributed by atoms with Crippen LogP contribution in [0.3, 0.4) is 0 Å². The minimum atomic E-state index is -3.73. The molecule has 0 aliphatic carbocycles. The van der Waals surface area contributed by atoms with Crippen LogP contribution in [0.1, 0.15) is 12.0 Å². The van der Waals surface area contributed by atoms with Crippen LogP contribution in [0.4, 0.5) is 0 Å². The molecule has 1 aromatic heterocycles. The zero-order valence-electron chi connectivity index (χ0n) is 14.1. The number of para-hydroxylation sites is 1. The zero-order chi connectivity index (χ0) is 18.7. The highest BCUT2D eigenvalue weighted by Gasteiger charge is 2.14. The maximum atomic E-state index is 12.2. The summed E-state index contributed by atoms with van der Waals surface area (Å²) in [6.45, 7) is 1.86. The maximum Gasteiger partial charge on any atom is 0.304 e. The van der Waals surface area contributed by atoms with Gasteiger partial charge >= 0.3 is 5.97 Å². The molecule has 0 unspecified atom stereocenters. The molecule has 134 valence electrons. The molecule has 0 aliphatic heterocycles. The van der Waals surface area contributed by atoms with E-state index in [1.54, 1.807) is 12.1 Å². The average molecular weight is 370 g/mol. The Balaban J connectivity index is 1.87. The van der Waals surface area contributed by atoms with E-state index in [-0.39, 0.29) is 17.9 Å². The minimum Gasteiger partial charge on any atom is -0.481 e. The number of aromatic nitrogens is 1. The van der Waals surface area contributed by atoms with Crippen LogP contribution in [0.25, 0.3) is 22.2 Å². The molecular formula is C19H18N2O4S. The summed E-state index contributed by atoms with van der Waals surface area (Å²) in [5.41, 5.74) is 3.56. The van der Waals surface area contributed by atoms with Crippen LogP contribution in [0.5, 0.6) is 0 Å².